The van der Waals surface area contributed by atoms with Crippen molar-refractivity contribution in [2.24, 2.45) is 7.05 Å². The van der Waals surface area contributed by atoms with Gasteiger partial charge in [0.05, 0.1) is 28.6 Å². The average Bonchev–Trinajstić information content (AvgIpc) is 2.63. The van der Waals surface area contributed by atoms with Gasteiger partial charge in [0.2, 0.25) is 0 Å². The van der Waals surface area contributed by atoms with Gasteiger partial charge in [0.25, 0.3) is 0 Å². The zero-order chi connectivity index (χ0) is 11.9. The van der Waals surface area contributed by atoms with Crippen LogP contribution in [0.25, 0.3) is 0 Å². The van der Waals surface area contributed by atoms with Crippen LogP contribution in [-0.2, 0) is 13.6 Å². The van der Waals surface area contributed by atoms with E-state index in [4.69, 9.17) is 11.6 Å². The zero-order valence-electron chi connectivity index (χ0n) is 9.39. The fourth-order valence-electron chi connectivity index (χ4n) is 2.04. The lowest BCUT2D eigenvalue weighted by Crippen LogP contribution is -2.23. The van der Waals surface area contributed by atoms with Gasteiger partial charge in [0.15, 0.2) is 0 Å². The standard InChI is InChI=1S/C10H16ClN3O2/c1-6-10(11)7(13(2)12-6)3-14-4-8(15)9(16)5-14/h8-9,15-16H,3-5H2,1-2H3. The number of aliphatic hydroxyl groups excluding tert-OH is 2. The molecule has 0 saturated carbocycles. The molecule has 1 fully saturated rings. The number of hydrogen-bond acceptors (Lipinski definition) is 4. The second-order valence-electron chi connectivity index (χ2n) is 4.30. The van der Waals surface area contributed by atoms with Crippen molar-refractivity contribution < 1.29 is 10.2 Å². The van der Waals surface area contributed by atoms with E-state index in [1.54, 1.807) is 4.68 Å². The number of rotatable bonds is 2. The Morgan fingerprint density at radius 2 is 1.94 bits per heavy atom. The van der Waals surface area contributed by atoms with Gasteiger partial charge in [-0.3, -0.25) is 9.58 Å². The van der Waals surface area contributed by atoms with Gasteiger partial charge in [-0.15, -0.1) is 0 Å². The van der Waals surface area contributed by atoms with Crippen molar-refractivity contribution in [3.63, 3.8) is 0 Å². The highest BCUT2D eigenvalue weighted by Gasteiger charge is 2.30. The van der Waals surface area contributed by atoms with Crippen molar-refractivity contribution in [3.05, 3.63) is 16.4 Å². The molecule has 2 heterocycles. The van der Waals surface area contributed by atoms with Crippen LogP contribution in [0.4, 0.5) is 0 Å². The number of nitrogens with zero attached hydrogens (tertiary/aromatic N) is 3. The Morgan fingerprint density at radius 1 is 1.38 bits per heavy atom. The first kappa shape index (κ1) is 11.9. The maximum atomic E-state index is 9.44. The summed E-state index contributed by atoms with van der Waals surface area (Å²) in [6, 6.07) is 0. The Morgan fingerprint density at radius 3 is 2.38 bits per heavy atom. The van der Waals surface area contributed by atoms with Crippen LogP contribution in [0.2, 0.25) is 5.02 Å². The van der Waals surface area contributed by atoms with Crippen LogP contribution in [0.3, 0.4) is 0 Å². The van der Waals surface area contributed by atoms with Gasteiger partial charge in [-0.1, -0.05) is 11.6 Å². The summed E-state index contributed by atoms with van der Waals surface area (Å²) < 4.78 is 1.74. The summed E-state index contributed by atoms with van der Waals surface area (Å²) in [7, 11) is 1.84. The molecule has 1 saturated heterocycles. The normalized spacial score (nSPS) is 26.6. The first-order valence-electron chi connectivity index (χ1n) is 5.25. The monoisotopic (exact) mass is 245 g/mol. The predicted octanol–water partition coefficient (Wildman–Crippen LogP) is -0.0807. The van der Waals surface area contributed by atoms with Gasteiger partial charge in [-0.2, -0.15) is 5.10 Å². The minimum Gasteiger partial charge on any atom is -0.389 e. The minimum absolute atomic E-state index is 0.474. The zero-order valence-corrected chi connectivity index (χ0v) is 10.1. The van der Waals surface area contributed by atoms with E-state index in [1.807, 2.05) is 18.9 Å². The van der Waals surface area contributed by atoms with E-state index in [0.717, 1.165) is 11.4 Å². The Balaban J connectivity index is 2.10. The van der Waals surface area contributed by atoms with Crippen molar-refractivity contribution in [1.82, 2.24) is 14.7 Å². The van der Waals surface area contributed by atoms with E-state index in [2.05, 4.69) is 5.10 Å². The van der Waals surface area contributed by atoms with Crippen molar-refractivity contribution in [2.75, 3.05) is 13.1 Å². The SMILES string of the molecule is Cc1nn(C)c(CN2CC(O)C(O)C2)c1Cl. The molecule has 16 heavy (non-hydrogen) atoms. The average molecular weight is 246 g/mol. The van der Waals surface area contributed by atoms with Crippen LogP contribution in [-0.4, -0.2) is 50.2 Å². The lowest BCUT2D eigenvalue weighted by Gasteiger charge is -2.14. The number of β-amino-alcohol motifs (C(OH)–C–C–N with tert-alkyl or cyclic N) is 2. The van der Waals surface area contributed by atoms with Gasteiger partial charge in [0.1, 0.15) is 0 Å². The Bertz CT molecular complexity index is 384. The van der Waals surface area contributed by atoms with Crippen molar-refractivity contribution >= 4 is 11.6 Å². The molecule has 1 aliphatic heterocycles. The number of aromatic nitrogens is 2. The molecule has 5 nitrogen and oxygen atoms in total. The molecule has 6 heteroatoms. The Hall–Kier alpha value is -0.620. The molecular weight excluding hydrogens is 230 g/mol. The van der Waals surface area contributed by atoms with Gasteiger partial charge in [-0.25, -0.2) is 0 Å². The van der Waals surface area contributed by atoms with E-state index in [-0.39, 0.29) is 0 Å². The fraction of sp³-hybridized carbons (Fsp3) is 0.700. The largest absolute Gasteiger partial charge is 0.389 e. The molecule has 2 rings (SSSR count). The molecule has 2 unspecified atom stereocenters. The number of likely N-dealkylation sites (tertiary alicyclic amines) is 1. The summed E-state index contributed by atoms with van der Waals surface area (Å²) in [4.78, 5) is 1.97. The van der Waals surface area contributed by atoms with Crippen molar-refractivity contribution in [2.45, 2.75) is 25.7 Å². The summed E-state index contributed by atoms with van der Waals surface area (Å²) in [5.41, 5.74) is 1.72. The molecular formula is C10H16ClN3O2. The first-order valence-corrected chi connectivity index (χ1v) is 5.63. The van der Waals surface area contributed by atoms with Crippen LogP contribution in [0.1, 0.15) is 11.4 Å². The summed E-state index contributed by atoms with van der Waals surface area (Å²) in [5.74, 6) is 0. The molecule has 0 spiro atoms. The number of aliphatic hydroxyl groups is 2. The topological polar surface area (TPSA) is 61.5 Å². The van der Waals surface area contributed by atoms with Crippen molar-refractivity contribution in [1.29, 1.82) is 0 Å². The third-order valence-electron chi connectivity index (χ3n) is 2.97. The summed E-state index contributed by atoms with van der Waals surface area (Å²) in [6.45, 7) is 3.41. The number of halogens is 1. The molecule has 1 aromatic rings. The minimum atomic E-state index is -0.659. The molecule has 0 aliphatic carbocycles. The lowest BCUT2D eigenvalue weighted by molar-refractivity contribution is 0.0572. The number of hydrogen-bond donors (Lipinski definition) is 2. The van der Waals surface area contributed by atoms with Gasteiger partial charge in [-0.05, 0) is 6.92 Å². The Kier molecular flexibility index (Phi) is 3.21. The molecule has 2 N–H and O–H groups in total. The molecule has 0 radical (unpaired) electrons. The summed E-state index contributed by atoms with van der Waals surface area (Å²) >= 11 is 6.13. The maximum absolute atomic E-state index is 9.44. The first-order chi connectivity index (χ1) is 7.49. The second kappa shape index (κ2) is 4.33. The van der Waals surface area contributed by atoms with Crippen LogP contribution in [0.15, 0.2) is 0 Å². The van der Waals surface area contributed by atoms with Crippen LogP contribution < -0.4 is 0 Å². The highest BCUT2D eigenvalue weighted by atomic mass is 35.5. The third-order valence-corrected chi connectivity index (χ3v) is 3.46. The van der Waals surface area contributed by atoms with E-state index < -0.39 is 12.2 Å². The second-order valence-corrected chi connectivity index (χ2v) is 4.68. The van der Waals surface area contributed by atoms with Gasteiger partial charge < -0.3 is 10.2 Å². The van der Waals surface area contributed by atoms with Crippen LogP contribution in [0.5, 0.6) is 0 Å². The third kappa shape index (κ3) is 2.08. The van der Waals surface area contributed by atoms with Gasteiger partial charge >= 0.3 is 0 Å². The van der Waals surface area contributed by atoms with E-state index in [1.165, 1.54) is 0 Å². The van der Waals surface area contributed by atoms with Crippen LogP contribution >= 0.6 is 11.6 Å². The van der Waals surface area contributed by atoms with E-state index >= 15 is 0 Å². The predicted molar refractivity (Wildman–Crippen MR) is 60.2 cm³/mol. The summed E-state index contributed by atoms with van der Waals surface area (Å²) in [5, 5.41) is 23.8. The summed E-state index contributed by atoms with van der Waals surface area (Å²) in [6.07, 6.45) is -1.32. The molecule has 1 aromatic heterocycles. The molecule has 0 bridgehead atoms. The lowest BCUT2D eigenvalue weighted by atomic mass is 10.3. The van der Waals surface area contributed by atoms with Gasteiger partial charge in [0, 0.05) is 26.7 Å². The quantitative estimate of drug-likeness (QED) is 0.765. The fourth-order valence-corrected chi connectivity index (χ4v) is 2.26. The Labute approximate surface area is 99.2 Å². The number of aryl methyl sites for hydroxylation is 2. The van der Waals surface area contributed by atoms with Crippen molar-refractivity contribution in [3.8, 4) is 0 Å². The highest BCUT2D eigenvalue weighted by molar-refractivity contribution is 6.31. The van der Waals surface area contributed by atoms with E-state index in [0.29, 0.717) is 24.7 Å². The van der Waals surface area contributed by atoms with E-state index in [9.17, 15) is 10.2 Å². The molecule has 0 amide bonds. The van der Waals surface area contributed by atoms with Crippen LogP contribution in [0, 0.1) is 6.92 Å². The molecule has 0 aromatic carbocycles. The highest BCUT2D eigenvalue weighted by Crippen LogP contribution is 2.22. The molecule has 2 atom stereocenters. The smallest absolute Gasteiger partial charge is 0.0938 e. The molecule has 1 aliphatic rings. The molecule has 90 valence electrons. The maximum Gasteiger partial charge on any atom is 0.0938 e.